The fourth-order valence-corrected chi connectivity index (χ4v) is 2.11. The summed E-state index contributed by atoms with van der Waals surface area (Å²) in [4.78, 5) is 0.718. The van der Waals surface area contributed by atoms with Crippen LogP contribution < -0.4 is 4.72 Å². The van der Waals surface area contributed by atoms with Crippen LogP contribution in [0.3, 0.4) is 0 Å². The molecule has 0 saturated heterocycles. The topological polar surface area (TPSA) is 49.3 Å². The van der Waals surface area contributed by atoms with Crippen LogP contribution in [0.1, 0.15) is 0 Å². The second-order valence-corrected chi connectivity index (χ2v) is 4.44. The SMILES string of the molecule is O=S(Nc1ccc(O)cc1)c1ccccc1. The first kappa shape index (κ1) is 10.7. The van der Waals surface area contributed by atoms with E-state index < -0.39 is 11.0 Å². The summed E-state index contributed by atoms with van der Waals surface area (Å²) in [5.41, 5.74) is 0.708. The Morgan fingerprint density at radius 3 is 2.19 bits per heavy atom. The van der Waals surface area contributed by atoms with E-state index in [0.717, 1.165) is 4.90 Å². The molecule has 0 saturated carbocycles. The highest BCUT2D eigenvalue weighted by atomic mass is 32.2. The maximum Gasteiger partial charge on any atom is 0.150 e. The number of hydrogen-bond acceptors (Lipinski definition) is 2. The second kappa shape index (κ2) is 4.81. The predicted octanol–water partition coefficient (Wildman–Crippen LogP) is 2.53. The molecule has 0 fully saturated rings. The van der Waals surface area contributed by atoms with Crippen LogP contribution in [0.4, 0.5) is 5.69 Å². The molecule has 0 aliphatic rings. The van der Waals surface area contributed by atoms with Gasteiger partial charge in [-0.2, -0.15) is 0 Å². The highest BCUT2D eigenvalue weighted by molar-refractivity contribution is 7.86. The van der Waals surface area contributed by atoms with Crippen molar-refractivity contribution >= 4 is 16.7 Å². The minimum atomic E-state index is -1.27. The molecule has 0 radical (unpaired) electrons. The summed E-state index contributed by atoms with van der Waals surface area (Å²) in [6.07, 6.45) is 0. The van der Waals surface area contributed by atoms with Gasteiger partial charge in [-0.1, -0.05) is 18.2 Å². The van der Waals surface area contributed by atoms with Gasteiger partial charge in [0.25, 0.3) is 0 Å². The summed E-state index contributed by atoms with van der Waals surface area (Å²) >= 11 is 0. The van der Waals surface area contributed by atoms with Gasteiger partial charge in [0.15, 0.2) is 0 Å². The van der Waals surface area contributed by atoms with Gasteiger partial charge in [0.05, 0.1) is 4.90 Å². The average Bonchev–Trinajstić information content (AvgIpc) is 2.33. The molecule has 0 aromatic heterocycles. The molecule has 3 nitrogen and oxygen atoms in total. The fraction of sp³-hybridized carbons (Fsp3) is 0. The van der Waals surface area contributed by atoms with Crippen LogP contribution >= 0.6 is 0 Å². The molecule has 4 heteroatoms. The Morgan fingerprint density at radius 1 is 0.938 bits per heavy atom. The van der Waals surface area contributed by atoms with E-state index in [2.05, 4.69) is 4.72 Å². The third-order valence-corrected chi connectivity index (χ3v) is 3.16. The van der Waals surface area contributed by atoms with Gasteiger partial charge in [-0.05, 0) is 36.4 Å². The fourth-order valence-electron chi connectivity index (χ4n) is 1.24. The van der Waals surface area contributed by atoms with E-state index in [1.54, 1.807) is 36.4 Å². The summed E-state index contributed by atoms with van der Waals surface area (Å²) in [5, 5.41) is 9.10. The van der Waals surface area contributed by atoms with Crippen LogP contribution in [0.25, 0.3) is 0 Å². The number of nitrogens with one attached hydrogen (secondary N) is 1. The van der Waals surface area contributed by atoms with Crippen LogP contribution in [0.15, 0.2) is 59.5 Å². The minimum Gasteiger partial charge on any atom is -0.508 e. The van der Waals surface area contributed by atoms with Crippen molar-refractivity contribution in [2.75, 3.05) is 4.72 Å². The monoisotopic (exact) mass is 233 g/mol. The standard InChI is InChI=1S/C12H11NO2S/c14-11-8-6-10(7-9-11)13-16(15)12-4-2-1-3-5-12/h1-9,13-14H. The molecule has 1 atom stereocenters. The Kier molecular flexibility index (Phi) is 3.22. The highest BCUT2D eigenvalue weighted by Gasteiger charge is 2.02. The molecule has 0 heterocycles. The lowest BCUT2D eigenvalue weighted by Crippen LogP contribution is -2.03. The highest BCUT2D eigenvalue weighted by Crippen LogP contribution is 2.16. The number of aromatic hydroxyl groups is 1. The Bertz CT molecular complexity index is 482. The number of rotatable bonds is 3. The van der Waals surface area contributed by atoms with Crippen molar-refractivity contribution in [3.8, 4) is 5.75 Å². The number of anilines is 1. The van der Waals surface area contributed by atoms with E-state index >= 15 is 0 Å². The van der Waals surface area contributed by atoms with E-state index in [-0.39, 0.29) is 5.75 Å². The van der Waals surface area contributed by atoms with Crippen molar-refractivity contribution in [3.05, 3.63) is 54.6 Å². The molecule has 2 aromatic carbocycles. The smallest absolute Gasteiger partial charge is 0.150 e. The Balaban J connectivity index is 2.11. The van der Waals surface area contributed by atoms with Gasteiger partial charge in [-0.15, -0.1) is 0 Å². The molecule has 2 aromatic rings. The van der Waals surface area contributed by atoms with Crippen molar-refractivity contribution < 1.29 is 9.32 Å². The Morgan fingerprint density at radius 2 is 1.56 bits per heavy atom. The number of hydrogen-bond donors (Lipinski definition) is 2. The van der Waals surface area contributed by atoms with E-state index in [1.165, 1.54) is 0 Å². The maximum atomic E-state index is 11.8. The van der Waals surface area contributed by atoms with Crippen LogP contribution in [0.2, 0.25) is 0 Å². The van der Waals surface area contributed by atoms with E-state index in [9.17, 15) is 4.21 Å². The van der Waals surface area contributed by atoms with Crippen molar-refractivity contribution in [1.82, 2.24) is 0 Å². The van der Waals surface area contributed by atoms with Crippen LogP contribution in [-0.4, -0.2) is 9.32 Å². The molecule has 82 valence electrons. The number of benzene rings is 2. The van der Waals surface area contributed by atoms with Crippen molar-refractivity contribution in [2.45, 2.75) is 4.90 Å². The van der Waals surface area contributed by atoms with Crippen molar-refractivity contribution in [2.24, 2.45) is 0 Å². The van der Waals surface area contributed by atoms with Gasteiger partial charge in [0.1, 0.15) is 16.7 Å². The van der Waals surface area contributed by atoms with E-state index in [1.807, 2.05) is 18.2 Å². The molecular weight excluding hydrogens is 222 g/mol. The largest absolute Gasteiger partial charge is 0.508 e. The predicted molar refractivity (Wildman–Crippen MR) is 64.6 cm³/mol. The van der Waals surface area contributed by atoms with Gasteiger partial charge in [0.2, 0.25) is 0 Å². The van der Waals surface area contributed by atoms with Crippen molar-refractivity contribution in [3.63, 3.8) is 0 Å². The molecule has 2 rings (SSSR count). The summed E-state index contributed by atoms with van der Waals surface area (Å²) < 4.78 is 14.7. The first-order valence-corrected chi connectivity index (χ1v) is 5.93. The maximum absolute atomic E-state index is 11.8. The van der Waals surface area contributed by atoms with Gasteiger partial charge in [0, 0.05) is 5.69 Å². The van der Waals surface area contributed by atoms with Gasteiger partial charge < -0.3 is 9.83 Å². The first-order valence-electron chi connectivity index (χ1n) is 4.78. The summed E-state index contributed by atoms with van der Waals surface area (Å²) in [7, 11) is -1.27. The molecular formula is C12H11NO2S. The normalized spacial score (nSPS) is 12.0. The lowest BCUT2D eigenvalue weighted by atomic mass is 10.3. The Labute approximate surface area is 96.3 Å². The van der Waals surface area contributed by atoms with Gasteiger partial charge in [-0.25, -0.2) is 4.21 Å². The summed E-state index contributed by atoms with van der Waals surface area (Å²) in [6, 6.07) is 15.6. The zero-order valence-electron chi connectivity index (χ0n) is 8.46. The molecule has 0 spiro atoms. The lowest BCUT2D eigenvalue weighted by Gasteiger charge is -2.05. The summed E-state index contributed by atoms with van der Waals surface area (Å²) in [5.74, 6) is 0.191. The molecule has 2 N–H and O–H groups in total. The molecule has 0 bridgehead atoms. The first-order chi connectivity index (χ1) is 7.75. The number of phenols is 1. The zero-order valence-corrected chi connectivity index (χ0v) is 9.28. The van der Waals surface area contributed by atoms with Gasteiger partial charge in [-0.3, -0.25) is 0 Å². The second-order valence-electron chi connectivity index (χ2n) is 3.23. The third-order valence-electron chi connectivity index (χ3n) is 2.04. The molecule has 0 aliphatic carbocycles. The van der Waals surface area contributed by atoms with Crippen LogP contribution in [-0.2, 0) is 11.0 Å². The third kappa shape index (κ3) is 2.61. The van der Waals surface area contributed by atoms with E-state index in [0.29, 0.717) is 5.69 Å². The lowest BCUT2D eigenvalue weighted by molar-refractivity contribution is 0.475. The Hall–Kier alpha value is -1.81. The van der Waals surface area contributed by atoms with Gasteiger partial charge >= 0.3 is 0 Å². The quantitative estimate of drug-likeness (QED) is 0.800. The molecule has 0 amide bonds. The molecule has 0 aliphatic heterocycles. The number of phenolic OH excluding ortho intramolecular Hbond substituents is 1. The molecule has 1 unspecified atom stereocenters. The van der Waals surface area contributed by atoms with Crippen molar-refractivity contribution in [1.29, 1.82) is 0 Å². The summed E-state index contributed by atoms with van der Waals surface area (Å²) in [6.45, 7) is 0. The zero-order chi connectivity index (χ0) is 11.4. The van der Waals surface area contributed by atoms with Crippen LogP contribution in [0, 0.1) is 0 Å². The van der Waals surface area contributed by atoms with Crippen LogP contribution in [0.5, 0.6) is 5.75 Å². The molecule has 16 heavy (non-hydrogen) atoms. The van der Waals surface area contributed by atoms with E-state index in [4.69, 9.17) is 5.11 Å². The minimum absolute atomic E-state index is 0.191. The average molecular weight is 233 g/mol.